The summed E-state index contributed by atoms with van der Waals surface area (Å²) in [5.74, 6) is 0.358. The predicted octanol–water partition coefficient (Wildman–Crippen LogP) is 5.20. The van der Waals surface area contributed by atoms with Crippen LogP contribution >= 0.6 is 35.0 Å². The fourth-order valence-corrected chi connectivity index (χ4v) is 6.62. The number of aryl methyl sites for hydroxylation is 1. The van der Waals surface area contributed by atoms with E-state index in [0.717, 1.165) is 58.8 Å². The Morgan fingerprint density at radius 3 is 2.92 bits per heavy atom. The fraction of sp³-hybridized carbons (Fsp3) is 0.462. The van der Waals surface area contributed by atoms with Crippen molar-refractivity contribution in [3.05, 3.63) is 62.0 Å². The summed E-state index contributed by atoms with van der Waals surface area (Å²) >= 11 is 14.7. The van der Waals surface area contributed by atoms with Gasteiger partial charge >= 0.3 is 5.97 Å². The zero-order valence-corrected chi connectivity index (χ0v) is 23.0. The summed E-state index contributed by atoms with van der Waals surface area (Å²) in [4.78, 5) is 24.5. The number of rotatable bonds is 4. The summed E-state index contributed by atoms with van der Waals surface area (Å²) in [7, 11) is 0. The molecule has 1 aromatic carbocycles. The average molecular weight is 561 g/mol. The number of thioether (sulfide) groups is 1. The number of hydrogen-bond acceptors (Lipinski definition) is 8. The molecular weight excluding hydrogens is 533 g/mol. The van der Waals surface area contributed by atoms with E-state index in [9.17, 15) is 4.79 Å². The first kappa shape index (κ1) is 25.0. The van der Waals surface area contributed by atoms with Crippen molar-refractivity contribution < 1.29 is 14.3 Å². The molecule has 0 fully saturated rings. The van der Waals surface area contributed by atoms with E-state index in [-0.39, 0.29) is 12.3 Å². The lowest BCUT2D eigenvalue weighted by Crippen LogP contribution is -2.36. The second-order valence-corrected chi connectivity index (χ2v) is 11.1. The van der Waals surface area contributed by atoms with Crippen molar-refractivity contribution in [2.24, 2.45) is 0 Å². The quantitative estimate of drug-likeness (QED) is 0.245. The van der Waals surface area contributed by atoms with Crippen molar-refractivity contribution in [3.63, 3.8) is 0 Å². The van der Waals surface area contributed by atoms with Gasteiger partial charge in [0.15, 0.2) is 10.9 Å². The second kappa shape index (κ2) is 9.76. The molecule has 1 aliphatic carbocycles. The summed E-state index contributed by atoms with van der Waals surface area (Å²) in [5.41, 5.74) is 4.92. The minimum Gasteiger partial charge on any atom is -0.461 e. The van der Waals surface area contributed by atoms with E-state index in [1.807, 2.05) is 23.1 Å². The number of benzene rings is 1. The van der Waals surface area contributed by atoms with Crippen molar-refractivity contribution in [2.45, 2.75) is 63.1 Å². The number of anilines is 1. The van der Waals surface area contributed by atoms with Crippen molar-refractivity contribution in [1.82, 2.24) is 19.7 Å². The van der Waals surface area contributed by atoms with Gasteiger partial charge in [0.25, 0.3) is 0 Å². The molecule has 11 heteroatoms. The monoisotopic (exact) mass is 559 g/mol. The Bertz CT molecular complexity index is 1400. The molecule has 0 amide bonds. The van der Waals surface area contributed by atoms with Crippen LogP contribution in [-0.4, -0.2) is 45.1 Å². The molecule has 0 bridgehead atoms. The maximum absolute atomic E-state index is 12.4. The maximum Gasteiger partial charge on any atom is 0.360 e. The van der Waals surface area contributed by atoms with Crippen molar-refractivity contribution in [1.29, 1.82) is 0 Å². The molecule has 8 nitrogen and oxygen atoms in total. The molecule has 0 saturated heterocycles. The molecule has 6 rings (SSSR count). The molecule has 194 valence electrons. The van der Waals surface area contributed by atoms with Crippen LogP contribution in [-0.2, 0) is 47.6 Å². The van der Waals surface area contributed by atoms with Crippen LogP contribution in [0.2, 0.25) is 10.0 Å². The molecule has 0 radical (unpaired) electrons. The molecule has 37 heavy (non-hydrogen) atoms. The maximum atomic E-state index is 12.4. The molecule has 1 atom stereocenters. The van der Waals surface area contributed by atoms with Gasteiger partial charge in [0.05, 0.1) is 41.8 Å². The van der Waals surface area contributed by atoms with Crippen LogP contribution in [0.5, 0.6) is 0 Å². The first-order valence-electron chi connectivity index (χ1n) is 12.5. The number of aromatic nitrogens is 4. The number of nitrogens with zero attached hydrogens (tertiary/aromatic N) is 5. The number of halogens is 2. The molecule has 2 aromatic heterocycles. The van der Waals surface area contributed by atoms with E-state index in [2.05, 4.69) is 16.1 Å². The van der Waals surface area contributed by atoms with Crippen LogP contribution in [0.3, 0.4) is 0 Å². The number of carbonyl (C=O) groups is 1. The summed E-state index contributed by atoms with van der Waals surface area (Å²) in [6.07, 6.45) is 5.28. The van der Waals surface area contributed by atoms with Gasteiger partial charge in [-0.1, -0.05) is 47.1 Å². The van der Waals surface area contributed by atoms with Crippen LogP contribution < -0.4 is 4.90 Å². The van der Waals surface area contributed by atoms with Crippen molar-refractivity contribution in [3.8, 4) is 0 Å². The lowest BCUT2D eigenvalue weighted by atomic mass is 9.87. The Hall–Kier alpha value is -2.33. The summed E-state index contributed by atoms with van der Waals surface area (Å²) in [6, 6.07) is 6.08. The highest BCUT2D eigenvalue weighted by Crippen LogP contribution is 2.48. The second-order valence-electron chi connectivity index (χ2n) is 9.51. The molecule has 0 unspecified atom stereocenters. The average Bonchev–Trinajstić information content (AvgIpc) is 3.31. The molecule has 0 saturated carbocycles. The Kier molecular flexibility index (Phi) is 6.59. The topological polar surface area (TPSA) is 82.4 Å². The SMILES string of the molecule is CCOC(=O)c1nn2c(c1Cl)CN(c1nc(SC)nc3c1CO[C@@]1(CCc4c(Cl)cccc41)C3)CCC2. The largest absolute Gasteiger partial charge is 0.461 e. The Morgan fingerprint density at radius 1 is 1.24 bits per heavy atom. The standard InChI is InChI=1S/C26H27Cl2N5O3S/c1-3-35-24(34)22-21(28)20-13-32(10-5-11-33(20)31-22)23-16-14-36-26(12-19(16)29-25(30-23)37-2)9-8-15-17(26)6-4-7-18(15)27/h4,6-7H,3,5,8-14H2,1-2H3/t26-/m0/s1. The number of ether oxygens (including phenoxy) is 2. The highest BCUT2D eigenvalue weighted by molar-refractivity contribution is 7.98. The zero-order chi connectivity index (χ0) is 25.7. The summed E-state index contributed by atoms with van der Waals surface area (Å²) < 4.78 is 13.6. The smallest absolute Gasteiger partial charge is 0.360 e. The highest BCUT2D eigenvalue weighted by Gasteiger charge is 2.45. The first-order chi connectivity index (χ1) is 17.9. The normalized spacial score (nSPS) is 20.4. The Balaban J connectivity index is 1.37. The molecule has 3 aliphatic rings. The van der Waals surface area contributed by atoms with E-state index >= 15 is 0 Å². The van der Waals surface area contributed by atoms with E-state index in [1.165, 1.54) is 22.9 Å². The van der Waals surface area contributed by atoms with Crippen molar-refractivity contribution >= 4 is 46.8 Å². The van der Waals surface area contributed by atoms with Crippen LogP contribution in [0.15, 0.2) is 23.4 Å². The third kappa shape index (κ3) is 4.20. The number of esters is 1. The van der Waals surface area contributed by atoms with Gasteiger partial charge in [0.1, 0.15) is 5.82 Å². The first-order valence-corrected chi connectivity index (χ1v) is 14.4. The molecular formula is C26H27Cl2N5O3S. The van der Waals surface area contributed by atoms with E-state index < -0.39 is 11.6 Å². The third-order valence-corrected chi connectivity index (χ3v) is 8.77. The molecule has 4 heterocycles. The van der Waals surface area contributed by atoms with Gasteiger partial charge in [0.2, 0.25) is 0 Å². The molecule has 0 N–H and O–H groups in total. The number of fused-ring (bicyclic) bond motifs is 4. The minimum atomic E-state index is -0.501. The predicted molar refractivity (Wildman–Crippen MR) is 143 cm³/mol. The van der Waals surface area contributed by atoms with E-state index in [4.69, 9.17) is 42.6 Å². The molecule has 2 aliphatic heterocycles. The van der Waals surface area contributed by atoms with E-state index in [0.29, 0.717) is 31.1 Å². The van der Waals surface area contributed by atoms with Crippen LogP contribution in [0.1, 0.15) is 58.3 Å². The molecule has 1 spiro atoms. The Morgan fingerprint density at radius 2 is 2.11 bits per heavy atom. The van der Waals surface area contributed by atoms with Crippen LogP contribution in [0.4, 0.5) is 5.82 Å². The van der Waals surface area contributed by atoms with Crippen LogP contribution in [0, 0.1) is 0 Å². The fourth-order valence-electron chi connectivity index (χ4n) is 5.70. The lowest BCUT2D eigenvalue weighted by molar-refractivity contribution is -0.0730. The van der Waals surface area contributed by atoms with Crippen molar-refractivity contribution in [2.75, 3.05) is 24.3 Å². The minimum absolute atomic E-state index is 0.165. The third-order valence-electron chi connectivity index (χ3n) is 7.47. The van der Waals surface area contributed by atoms with Gasteiger partial charge in [0, 0.05) is 30.1 Å². The lowest BCUT2D eigenvalue weighted by Gasteiger charge is -2.37. The van der Waals surface area contributed by atoms with Gasteiger partial charge in [-0.05, 0) is 49.6 Å². The summed E-state index contributed by atoms with van der Waals surface area (Å²) in [6.45, 7) is 4.36. The van der Waals surface area contributed by atoms with Gasteiger partial charge in [-0.25, -0.2) is 14.8 Å². The Labute approximate surface area is 229 Å². The van der Waals surface area contributed by atoms with Crippen LogP contribution in [0.25, 0.3) is 0 Å². The summed E-state index contributed by atoms with van der Waals surface area (Å²) in [5, 5.41) is 6.34. The number of hydrogen-bond donors (Lipinski definition) is 0. The highest BCUT2D eigenvalue weighted by atomic mass is 35.5. The van der Waals surface area contributed by atoms with Gasteiger partial charge in [-0.2, -0.15) is 5.10 Å². The van der Waals surface area contributed by atoms with E-state index in [1.54, 1.807) is 6.92 Å². The van der Waals surface area contributed by atoms with Gasteiger partial charge in [-0.3, -0.25) is 4.68 Å². The zero-order valence-electron chi connectivity index (χ0n) is 20.7. The van der Waals surface area contributed by atoms with Gasteiger partial charge < -0.3 is 14.4 Å². The molecule has 3 aromatic rings. The van der Waals surface area contributed by atoms with Gasteiger partial charge in [-0.15, -0.1) is 0 Å². The number of carbonyl (C=O) groups excluding carboxylic acids is 1.